The molecule has 1 heterocycles. The minimum absolute atomic E-state index is 0.0350. The number of hydrogen-bond donors (Lipinski definition) is 2. The van der Waals surface area contributed by atoms with Crippen molar-refractivity contribution >= 4 is 5.90 Å². The third-order valence-electron chi connectivity index (χ3n) is 0.880. The summed E-state index contributed by atoms with van der Waals surface area (Å²) < 4.78 is 16.9. The first kappa shape index (κ1) is 7.80. The maximum Gasteiger partial charge on any atom is 0.238 e. The molecule has 5 nitrogen and oxygen atoms in total. The number of hydrogen-bond acceptors (Lipinski definition) is 5. The van der Waals surface area contributed by atoms with Gasteiger partial charge in [-0.3, -0.25) is 5.43 Å². The molecule has 0 bridgehead atoms. The Morgan fingerprint density at radius 3 is 3.36 bits per heavy atom. The summed E-state index contributed by atoms with van der Waals surface area (Å²) in [5.74, 6) is 0.0697. The van der Waals surface area contributed by atoms with E-state index in [1.807, 2.05) is 5.43 Å². The maximum absolute atomic E-state index is 12.2. The summed E-state index contributed by atoms with van der Waals surface area (Å²) in [4.78, 5) is 0. The van der Waals surface area contributed by atoms with Gasteiger partial charge in [-0.25, -0.2) is 0 Å². The van der Waals surface area contributed by atoms with Gasteiger partial charge in [0.05, 0.1) is 12.8 Å². The molecule has 1 aliphatic rings. The lowest BCUT2D eigenvalue weighted by Gasteiger charge is -2.12. The molecule has 0 aromatic rings. The summed E-state index contributed by atoms with van der Waals surface area (Å²) in [7, 11) is 0. The van der Waals surface area contributed by atoms with Crippen molar-refractivity contribution in [2.24, 2.45) is 5.10 Å². The van der Waals surface area contributed by atoms with Crippen LogP contribution >= 0.6 is 0 Å². The second-order valence-corrected chi connectivity index (χ2v) is 1.67. The van der Waals surface area contributed by atoms with Crippen LogP contribution in [0.4, 0.5) is 4.48 Å². The standard InChI is InChI=1S/C5H7FN3O2/c6-9-7-2-1-5(8-9)11-4-3-10/h1,7,10H,3-4H2. The molecule has 1 rings (SSSR count). The zero-order valence-electron chi connectivity index (χ0n) is 5.62. The van der Waals surface area contributed by atoms with Crippen LogP contribution in [0.3, 0.4) is 0 Å². The van der Waals surface area contributed by atoms with E-state index < -0.39 is 0 Å². The number of rotatable bonds is 2. The zero-order valence-corrected chi connectivity index (χ0v) is 5.62. The van der Waals surface area contributed by atoms with E-state index in [1.165, 1.54) is 6.08 Å². The fourth-order valence-electron chi connectivity index (χ4n) is 0.508. The average molecular weight is 160 g/mol. The Balaban J connectivity index is 2.37. The highest BCUT2D eigenvalue weighted by Gasteiger charge is 2.04. The van der Waals surface area contributed by atoms with Crippen LogP contribution in [0.2, 0.25) is 0 Å². The lowest BCUT2D eigenvalue weighted by atomic mass is 10.6. The molecule has 0 aliphatic carbocycles. The smallest absolute Gasteiger partial charge is 0.238 e. The second kappa shape index (κ2) is 3.77. The van der Waals surface area contributed by atoms with E-state index >= 15 is 0 Å². The minimum atomic E-state index is -0.132. The monoisotopic (exact) mass is 160 g/mol. The molecule has 0 aromatic heterocycles. The number of nitrogens with zero attached hydrogens (tertiary/aromatic N) is 2. The van der Waals surface area contributed by atoms with E-state index in [0.29, 0.717) is 0 Å². The van der Waals surface area contributed by atoms with Crippen molar-refractivity contribution in [2.45, 2.75) is 0 Å². The molecule has 1 radical (unpaired) electrons. The van der Waals surface area contributed by atoms with Gasteiger partial charge in [-0.2, -0.15) is 0 Å². The third kappa shape index (κ3) is 2.42. The predicted molar refractivity (Wildman–Crippen MR) is 34.4 cm³/mol. The fraction of sp³-hybridized carbons (Fsp3) is 0.400. The lowest BCUT2D eigenvalue weighted by molar-refractivity contribution is -0.0213. The third-order valence-corrected chi connectivity index (χ3v) is 0.880. The average Bonchev–Trinajstić information content (AvgIpc) is 2.01. The molecule has 0 unspecified atom stereocenters. The topological polar surface area (TPSA) is 57.1 Å². The quantitative estimate of drug-likeness (QED) is 0.526. The number of nitrogens with one attached hydrogen (secondary N) is 1. The first-order valence-corrected chi connectivity index (χ1v) is 2.95. The molecule has 1 aliphatic heterocycles. The Hall–Kier alpha value is -1.30. The number of aliphatic hydroxyl groups excluding tert-OH is 1. The summed E-state index contributed by atoms with van der Waals surface area (Å²) in [6.07, 6.45) is 3.66. The summed E-state index contributed by atoms with van der Waals surface area (Å²) in [5, 5.41) is 11.5. The van der Waals surface area contributed by atoms with Gasteiger partial charge in [0.25, 0.3) is 0 Å². The van der Waals surface area contributed by atoms with Crippen LogP contribution in [0.15, 0.2) is 11.2 Å². The van der Waals surface area contributed by atoms with Gasteiger partial charge in [0, 0.05) is 6.08 Å². The molecule has 11 heavy (non-hydrogen) atoms. The molecule has 0 saturated heterocycles. The molecule has 0 spiro atoms. The van der Waals surface area contributed by atoms with E-state index in [9.17, 15) is 4.48 Å². The summed E-state index contributed by atoms with van der Waals surface area (Å²) in [6, 6.07) is 0. The van der Waals surface area contributed by atoms with Crippen molar-refractivity contribution in [1.29, 1.82) is 0 Å². The van der Waals surface area contributed by atoms with Crippen LogP contribution in [0.5, 0.6) is 0 Å². The van der Waals surface area contributed by atoms with Crippen molar-refractivity contribution < 1.29 is 14.3 Å². The minimum Gasteiger partial charge on any atom is -0.474 e. The number of ether oxygens (including phenoxy) is 1. The predicted octanol–water partition coefficient (Wildman–Crippen LogP) is -0.670. The van der Waals surface area contributed by atoms with E-state index in [-0.39, 0.29) is 24.5 Å². The largest absolute Gasteiger partial charge is 0.474 e. The number of halogens is 1. The molecule has 0 atom stereocenters. The van der Waals surface area contributed by atoms with Crippen molar-refractivity contribution in [3.8, 4) is 0 Å². The van der Waals surface area contributed by atoms with Crippen molar-refractivity contribution in [2.75, 3.05) is 13.2 Å². The first-order chi connectivity index (χ1) is 5.33. The fourth-order valence-corrected chi connectivity index (χ4v) is 0.508. The van der Waals surface area contributed by atoms with E-state index in [2.05, 4.69) is 11.3 Å². The molecule has 0 amide bonds. The molecule has 6 heteroatoms. The van der Waals surface area contributed by atoms with Gasteiger partial charge in [-0.1, -0.05) is 9.58 Å². The molecule has 0 saturated carbocycles. The van der Waals surface area contributed by atoms with E-state index in [1.54, 1.807) is 0 Å². The van der Waals surface area contributed by atoms with Crippen LogP contribution in [-0.4, -0.2) is 29.6 Å². The van der Waals surface area contributed by atoms with E-state index in [4.69, 9.17) is 9.84 Å². The maximum atomic E-state index is 12.2. The van der Waals surface area contributed by atoms with Crippen LogP contribution < -0.4 is 5.43 Å². The van der Waals surface area contributed by atoms with Gasteiger partial charge in [-0.05, 0) is 5.34 Å². The van der Waals surface area contributed by atoms with Crippen molar-refractivity contribution in [1.82, 2.24) is 10.8 Å². The van der Waals surface area contributed by atoms with Gasteiger partial charge in [0.2, 0.25) is 5.90 Å². The highest BCUT2D eigenvalue weighted by Crippen LogP contribution is 1.95. The highest BCUT2D eigenvalue weighted by molar-refractivity contribution is 5.87. The van der Waals surface area contributed by atoms with Crippen LogP contribution in [0.1, 0.15) is 0 Å². The van der Waals surface area contributed by atoms with Gasteiger partial charge in [0.1, 0.15) is 6.61 Å². The Bertz CT molecular complexity index is 183. The molecule has 0 aromatic carbocycles. The van der Waals surface area contributed by atoms with Crippen LogP contribution in [0.25, 0.3) is 0 Å². The van der Waals surface area contributed by atoms with Gasteiger partial charge >= 0.3 is 0 Å². The molecular formula is C5H7FN3O2. The summed E-state index contributed by atoms with van der Waals surface area (Å²) in [6.45, 7) is -0.0442. The Kier molecular flexibility index (Phi) is 2.67. The zero-order chi connectivity index (χ0) is 8.10. The summed E-state index contributed by atoms with van der Waals surface area (Å²) in [5.41, 5.74) is 2.02. The van der Waals surface area contributed by atoms with Crippen LogP contribution in [-0.2, 0) is 4.74 Å². The highest BCUT2D eigenvalue weighted by atomic mass is 19.2. The first-order valence-electron chi connectivity index (χ1n) is 2.95. The van der Waals surface area contributed by atoms with Crippen LogP contribution in [0, 0.1) is 6.20 Å². The second-order valence-electron chi connectivity index (χ2n) is 1.67. The molecule has 0 fully saturated rings. The van der Waals surface area contributed by atoms with Crippen molar-refractivity contribution in [3.05, 3.63) is 12.3 Å². The van der Waals surface area contributed by atoms with Gasteiger partial charge in [-0.15, -0.1) is 0 Å². The molecular weight excluding hydrogens is 153 g/mol. The van der Waals surface area contributed by atoms with E-state index in [0.717, 1.165) is 0 Å². The Morgan fingerprint density at radius 2 is 2.73 bits per heavy atom. The van der Waals surface area contributed by atoms with Crippen molar-refractivity contribution in [3.63, 3.8) is 0 Å². The normalized spacial score (nSPS) is 15.8. The molecule has 2 N–H and O–H groups in total. The lowest BCUT2D eigenvalue weighted by Crippen LogP contribution is -2.27. The number of hydrazine groups is 1. The summed E-state index contributed by atoms with van der Waals surface area (Å²) >= 11 is 0. The Morgan fingerprint density at radius 1 is 1.91 bits per heavy atom. The SMILES string of the molecule is OCCOC1=NN(F)N[C]=C1. The Labute approximate surface area is 62.7 Å². The number of hydrazone groups is 1. The van der Waals surface area contributed by atoms with Gasteiger partial charge in [0.15, 0.2) is 0 Å². The van der Waals surface area contributed by atoms with Gasteiger partial charge < -0.3 is 9.84 Å². The molecule has 61 valence electrons. The number of aliphatic hydroxyl groups is 1.